The van der Waals surface area contributed by atoms with Crippen molar-refractivity contribution >= 4 is 45.2 Å². The first-order chi connectivity index (χ1) is 9.82. The molecule has 21 heavy (non-hydrogen) atoms. The number of nitrogens with one attached hydrogen (secondary N) is 1. The van der Waals surface area contributed by atoms with Gasteiger partial charge in [0.2, 0.25) is 0 Å². The number of likely N-dealkylation sites (tertiary alicyclic amines) is 1. The zero-order chi connectivity index (χ0) is 15.6. The standard InChI is InChI=1S/C14H16BrClN2O3/c1-14(12(19)20)4-6-18(7-5-14)13(21)17-9-2-3-11(16)10(15)8-9/h2-3,8H,4-7H2,1H3,(H,17,21)(H,19,20). The molecule has 2 N–H and O–H groups in total. The highest BCUT2D eigenvalue weighted by molar-refractivity contribution is 9.10. The van der Waals surface area contributed by atoms with Crippen LogP contribution in [0.1, 0.15) is 19.8 Å². The molecule has 0 radical (unpaired) electrons. The molecule has 114 valence electrons. The van der Waals surface area contributed by atoms with Crippen LogP contribution in [0.3, 0.4) is 0 Å². The van der Waals surface area contributed by atoms with Gasteiger partial charge < -0.3 is 15.3 Å². The maximum atomic E-state index is 12.2. The van der Waals surface area contributed by atoms with Gasteiger partial charge in [-0.1, -0.05) is 11.6 Å². The van der Waals surface area contributed by atoms with Gasteiger partial charge in [-0.25, -0.2) is 4.79 Å². The normalized spacial score (nSPS) is 17.4. The van der Waals surface area contributed by atoms with Crippen molar-refractivity contribution < 1.29 is 14.7 Å². The van der Waals surface area contributed by atoms with Crippen LogP contribution in [0.4, 0.5) is 10.5 Å². The van der Waals surface area contributed by atoms with E-state index in [0.717, 1.165) is 0 Å². The summed E-state index contributed by atoms with van der Waals surface area (Å²) in [6.45, 7) is 2.59. The number of carbonyl (C=O) groups excluding carboxylic acids is 1. The Bertz CT molecular complexity index is 571. The maximum Gasteiger partial charge on any atom is 0.321 e. The number of urea groups is 1. The Labute approximate surface area is 136 Å². The van der Waals surface area contributed by atoms with Crippen LogP contribution in [0.2, 0.25) is 5.02 Å². The number of piperidine rings is 1. The van der Waals surface area contributed by atoms with Crippen molar-refractivity contribution in [3.8, 4) is 0 Å². The van der Waals surface area contributed by atoms with E-state index >= 15 is 0 Å². The highest BCUT2D eigenvalue weighted by Gasteiger charge is 2.38. The first-order valence-corrected chi connectivity index (χ1v) is 7.73. The molecular formula is C14H16BrClN2O3. The van der Waals surface area contributed by atoms with Gasteiger partial charge in [-0.15, -0.1) is 0 Å². The fourth-order valence-corrected chi connectivity index (χ4v) is 2.69. The zero-order valence-electron chi connectivity index (χ0n) is 11.5. The molecule has 7 heteroatoms. The van der Waals surface area contributed by atoms with Crippen molar-refractivity contribution in [2.24, 2.45) is 5.41 Å². The van der Waals surface area contributed by atoms with E-state index in [1.54, 1.807) is 30.0 Å². The van der Waals surface area contributed by atoms with Gasteiger partial charge in [-0.3, -0.25) is 4.79 Å². The van der Waals surface area contributed by atoms with Crippen molar-refractivity contribution in [3.63, 3.8) is 0 Å². The molecule has 5 nitrogen and oxygen atoms in total. The van der Waals surface area contributed by atoms with E-state index < -0.39 is 11.4 Å². The van der Waals surface area contributed by atoms with Crippen LogP contribution in [0.5, 0.6) is 0 Å². The summed E-state index contributed by atoms with van der Waals surface area (Å²) in [5.74, 6) is -0.802. The third kappa shape index (κ3) is 3.68. The summed E-state index contributed by atoms with van der Waals surface area (Å²) >= 11 is 9.20. The fraction of sp³-hybridized carbons (Fsp3) is 0.429. The lowest BCUT2D eigenvalue weighted by molar-refractivity contribution is -0.150. The Balaban J connectivity index is 1.96. The molecule has 1 saturated heterocycles. The van der Waals surface area contributed by atoms with E-state index in [1.165, 1.54) is 0 Å². The molecule has 0 aromatic heterocycles. The molecule has 1 aromatic rings. The predicted molar refractivity (Wildman–Crippen MR) is 84.7 cm³/mol. The second-order valence-electron chi connectivity index (χ2n) is 5.41. The molecule has 0 spiro atoms. The summed E-state index contributed by atoms with van der Waals surface area (Å²) in [5, 5.41) is 12.5. The van der Waals surface area contributed by atoms with Crippen molar-refractivity contribution in [1.82, 2.24) is 4.90 Å². The average molecular weight is 376 g/mol. The van der Waals surface area contributed by atoms with Gasteiger partial charge in [0.15, 0.2) is 0 Å². The lowest BCUT2D eigenvalue weighted by atomic mass is 9.80. The number of carboxylic acid groups (broad SMARTS) is 1. The van der Waals surface area contributed by atoms with Crippen molar-refractivity contribution in [2.45, 2.75) is 19.8 Å². The topological polar surface area (TPSA) is 69.6 Å². The van der Waals surface area contributed by atoms with Crippen molar-refractivity contribution in [2.75, 3.05) is 18.4 Å². The smallest absolute Gasteiger partial charge is 0.321 e. The third-order valence-corrected chi connectivity index (χ3v) is 5.06. The molecule has 0 saturated carbocycles. The number of benzene rings is 1. The summed E-state index contributed by atoms with van der Waals surface area (Å²) in [6.07, 6.45) is 0.917. The van der Waals surface area contributed by atoms with Crippen molar-refractivity contribution in [1.29, 1.82) is 0 Å². The molecule has 0 aliphatic carbocycles. The number of nitrogens with zero attached hydrogens (tertiary/aromatic N) is 1. The molecule has 1 heterocycles. The van der Waals surface area contributed by atoms with Crippen LogP contribution in [-0.4, -0.2) is 35.1 Å². The van der Waals surface area contributed by atoms with Gasteiger partial charge >= 0.3 is 12.0 Å². The summed E-state index contributed by atoms with van der Waals surface area (Å²) in [7, 11) is 0. The van der Waals surface area contributed by atoms with E-state index in [1.807, 2.05) is 0 Å². The van der Waals surface area contributed by atoms with Gasteiger partial charge in [0.05, 0.1) is 10.4 Å². The van der Waals surface area contributed by atoms with Crippen LogP contribution >= 0.6 is 27.5 Å². The number of hydrogen-bond acceptors (Lipinski definition) is 2. The summed E-state index contributed by atoms with van der Waals surface area (Å²) in [6, 6.07) is 4.91. The van der Waals surface area contributed by atoms with Gasteiger partial charge in [0.25, 0.3) is 0 Å². The third-order valence-electron chi connectivity index (χ3n) is 3.84. The monoisotopic (exact) mass is 374 g/mol. The second-order valence-corrected chi connectivity index (χ2v) is 6.67. The number of amides is 2. The van der Waals surface area contributed by atoms with Gasteiger partial charge in [-0.05, 0) is 53.9 Å². The number of rotatable bonds is 2. The van der Waals surface area contributed by atoms with Crippen LogP contribution in [0, 0.1) is 5.41 Å². The predicted octanol–water partition coefficient (Wildman–Crippen LogP) is 3.82. The first kappa shape index (κ1) is 16.1. The number of hydrogen-bond donors (Lipinski definition) is 2. The molecule has 1 aliphatic heterocycles. The number of halogens is 2. The lowest BCUT2D eigenvalue weighted by Gasteiger charge is -2.36. The van der Waals surface area contributed by atoms with Crippen LogP contribution in [0.15, 0.2) is 22.7 Å². The highest BCUT2D eigenvalue weighted by atomic mass is 79.9. The average Bonchev–Trinajstić information content (AvgIpc) is 2.43. The Morgan fingerprint density at radius 3 is 2.52 bits per heavy atom. The van der Waals surface area contributed by atoms with Gasteiger partial charge in [0, 0.05) is 23.2 Å². The van der Waals surface area contributed by atoms with E-state index in [4.69, 9.17) is 11.6 Å². The summed E-state index contributed by atoms with van der Waals surface area (Å²) in [5.41, 5.74) is -0.0945. The SMILES string of the molecule is CC1(C(=O)O)CCN(C(=O)Nc2ccc(Cl)c(Br)c2)CC1. The second kappa shape index (κ2) is 6.23. The molecule has 0 atom stereocenters. The van der Waals surface area contributed by atoms with E-state index in [9.17, 15) is 14.7 Å². The van der Waals surface area contributed by atoms with Gasteiger partial charge in [-0.2, -0.15) is 0 Å². The Morgan fingerprint density at radius 2 is 2.00 bits per heavy atom. The Kier molecular flexibility index (Phi) is 4.78. The highest BCUT2D eigenvalue weighted by Crippen LogP contribution is 2.31. The molecule has 1 fully saturated rings. The Hall–Kier alpha value is -1.27. The van der Waals surface area contributed by atoms with E-state index in [-0.39, 0.29) is 6.03 Å². The molecular weight excluding hydrogens is 360 g/mol. The van der Waals surface area contributed by atoms with Gasteiger partial charge in [0.1, 0.15) is 0 Å². The number of anilines is 1. The summed E-state index contributed by atoms with van der Waals surface area (Å²) in [4.78, 5) is 25.0. The van der Waals surface area contributed by atoms with Crippen LogP contribution < -0.4 is 5.32 Å². The first-order valence-electron chi connectivity index (χ1n) is 6.56. The van der Waals surface area contributed by atoms with E-state index in [0.29, 0.717) is 41.1 Å². The molecule has 2 rings (SSSR count). The van der Waals surface area contributed by atoms with Crippen LogP contribution in [-0.2, 0) is 4.79 Å². The minimum atomic E-state index is -0.802. The Morgan fingerprint density at radius 1 is 1.38 bits per heavy atom. The zero-order valence-corrected chi connectivity index (χ0v) is 13.9. The lowest BCUT2D eigenvalue weighted by Crippen LogP contribution is -2.46. The minimum absolute atomic E-state index is 0.225. The number of carboxylic acids is 1. The largest absolute Gasteiger partial charge is 0.481 e. The molecule has 0 unspecified atom stereocenters. The molecule has 0 bridgehead atoms. The molecule has 1 aromatic carbocycles. The quantitative estimate of drug-likeness (QED) is 0.825. The number of aliphatic carboxylic acids is 1. The van der Waals surface area contributed by atoms with E-state index in [2.05, 4.69) is 21.2 Å². The fourth-order valence-electron chi connectivity index (χ4n) is 2.19. The minimum Gasteiger partial charge on any atom is -0.481 e. The summed E-state index contributed by atoms with van der Waals surface area (Å²) < 4.78 is 0.707. The van der Waals surface area contributed by atoms with Crippen LogP contribution in [0.25, 0.3) is 0 Å². The molecule has 1 aliphatic rings. The number of carbonyl (C=O) groups is 2. The van der Waals surface area contributed by atoms with Crippen molar-refractivity contribution in [3.05, 3.63) is 27.7 Å². The maximum absolute atomic E-state index is 12.2. The molecule has 2 amide bonds.